The van der Waals surface area contributed by atoms with Gasteiger partial charge >= 0.3 is 0 Å². The number of guanidine groups is 1. The van der Waals surface area contributed by atoms with Crippen LogP contribution in [-0.2, 0) is 19.5 Å². The normalized spacial score (nSPS) is 13.7. The molecule has 1 aliphatic heterocycles. The van der Waals surface area contributed by atoms with Gasteiger partial charge in [0.05, 0.1) is 19.3 Å². The molecule has 2 heterocycles. The van der Waals surface area contributed by atoms with Gasteiger partial charge in [0.15, 0.2) is 5.96 Å². The average molecular weight is 452 g/mol. The number of hydrogen-bond donors (Lipinski definition) is 1. The summed E-state index contributed by atoms with van der Waals surface area (Å²) in [6.07, 6.45) is 1.05. The summed E-state index contributed by atoms with van der Waals surface area (Å²) < 4.78 is 5.18. The highest BCUT2D eigenvalue weighted by atomic mass is 127. The number of aromatic nitrogens is 1. The van der Waals surface area contributed by atoms with Gasteiger partial charge in [0, 0.05) is 25.7 Å². The van der Waals surface area contributed by atoms with E-state index in [4.69, 9.17) is 9.73 Å². The van der Waals surface area contributed by atoms with Gasteiger partial charge in [0.2, 0.25) is 5.88 Å². The molecular weight excluding hydrogens is 427 g/mol. The fraction of sp³-hybridized carbons (Fsp3) is 0.368. The van der Waals surface area contributed by atoms with Crippen molar-refractivity contribution < 1.29 is 4.74 Å². The maximum Gasteiger partial charge on any atom is 0.213 e. The van der Waals surface area contributed by atoms with Gasteiger partial charge in [-0.2, -0.15) is 0 Å². The minimum Gasteiger partial charge on any atom is -0.481 e. The zero-order valence-corrected chi connectivity index (χ0v) is 17.1. The molecule has 0 fully saturated rings. The average Bonchev–Trinajstić information content (AvgIpc) is 2.65. The van der Waals surface area contributed by atoms with Crippen LogP contribution in [0.15, 0.2) is 47.5 Å². The lowest BCUT2D eigenvalue weighted by Crippen LogP contribution is -2.44. The zero-order valence-electron chi connectivity index (χ0n) is 14.7. The van der Waals surface area contributed by atoms with Crippen LogP contribution in [0.3, 0.4) is 0 Å². The second-order valence-electron chi connectivity index (χ2n) is 5.78. The largest absolute Gasteiger partial charge is 0.481 e. The third kappa shape index (κ3) is 5.07. The third-order valence-corrected chi connectivity index (χ3v) is 4.15. The fourth-order valence-corrected chi connectivity index (χ4v) is 2.92. The Morgan fingerprint density at radius 1 is 1.20 bits per heavy atom. The van der Waals surface area contributed by atoms with Crippen molar-refractivity contribution >= 4 is 29.9 Å². The molecule has 134 valence electrons. The molecule has 2 aromatic rings. The Labute approximate surface area is 166 Å². The van der Waals surface area contributed by atoms with Crippen molar-refractivity contribution in [1.29, 1.82) is 0 Å². The smallest absolute Gasteiger partial charge is 0.213 e. The first-order valence-electron chi connectivity index (χ1n) is 8.40. The number of ether oxygens (including phenoxy) is 1. The quantitative estimate of drug-likeness (QED) is 0.440. The number of nitrogens with zero attached hydrogens (tertiary/aromatic N) is 3. The van der Waals surface area contributed by atoms with Gasteiger partial charge in [-0.25, -0.2) is 9.98 Å². The van der Waals surface area contributed by atoms with Crippen LogP contribution in [0, 0.1) is 0 Å². The minimum absolute atomic E-state index is 0. The molecule has 5 nitrogen and oxygen atoms in total. The number of fused-ring (bicyclic) bond motifs is 1. The van der Waals surface area contributed by atoms with E-state index in [9.17, 15) is 0 Å². The van der Waals surface area contributed by atoms with Crippen molar-refractivity contribution in [2.45, 2.75) is 26.4 Å². The molecule has 0 unspecified atom stereocenters. The van der Waals surface area contributed by atoms with Crippen LogP contribution in [-0.4, -0.2) is 36.0 Å². The molecule has 0 aliphatic carbocycles. The van der Waals surface area contributed by atoms with Crippen molar-refractivity contribution in [3.05, 3.63) is 59.3 Å². The van der Waals surface area contributed by atoms with Gasteiger partial charge in [-0.05, 0) is 30.5 Å². The van der Waals surface area contributed by atoms with Crippen LogP contribution in [0.25, 0.3) is 0 Å². The molecular formula is C19H25IN4O. The molecule has 1 aromatic heterocycles. The molecule has 3 rings (SSSR count). The Balaban J connectivity index is 0.00000225. The van der Waals surface area contributed by atoms with E-state index in [-0.39, 0.29) is 24.0 Å². The summed E-state index contributed by atoms with van der Waals surface area (Å²) in [5, 5.41) is 3.40. The minimum atomic E-state index is 0. The third-order valence-electron chi connectivity index (χ3n) is 4.15. The molecule has 6 heteroatoms. The highest BCUT2D eigenvalue weighted by Gasteiger charge is 2.18. The number of nitrogens with one attached hydrogen (secondary N) is 1. The van der Waals surface area contributed by atoms with E-state index in [1.807, 2.05) is 18.2 Å². The van der Waals surface area contributed by atoms with Gasteiger partial charge < -0.3 is 15.0 Å². The molecule has 1 aliphatic rings. The molecule has 0 atom stereocenters. The van der Waals surface area contributed by atoms with Crippen molar-refractivity contribution in [3.63, 3.8) is 0 Å². The predicted octanol–water partition coefficient (Wildman–Crippen LogP) is 3.23. The zero-order chi connectivity index (χ0) is 16.8. The van der Waals surface area contributed by atoms with Gasteiger partial charge in [-0.1, -0.05) is 30.3 Å². The monoisotopic (exact) mass is 452 g/mol. The van der Waals surface area contributed by atoms with Crippen LogP contribution < -0.4 is 10.1 Å². The first-order valence-corrected chi connectivity index (χ1v) is 8.40. The molecule has 0 spiro atoms. The number of benzene rings is 1. The van der Waals surface area contributed by atoms with E-state index < -0.39 is 0 Å². The SMILES string of the molecule is CCNC(=NCc1cccc(OC)n1)N1CCc2ccccc2C1.I. The molecule has 0 saturated heterocycles. The molecule has 0 saturated carbocycles. The fourth-order valence-electron chi connectivity index (χ4n) is 2.92. The van der Waals surface area contributed by atoms with Gasteiger partial charge in [-0.15, -0.1) is 24.0 Å². The number of pyridine rings is 1. The van der Waals surface area contributed by atoms with Crippen molar-refractivity contribution in [2.24, 2.45) is 4.99 Å². The summed E-state index contributed by atoms with van der Waals surface area (Å²) in [5.74, 6) is 1.57. The lowest BCUT2D eigenvalue weighted by atomic mass is 10.0. The molecule has 1 aromatic carbocycles. The van der Waals surface area contributed by atoms with Crippen LogP contribution in [0.4, 0.5) is 0 Å². The molecule has 1 N–H and O–H groups in total. The first kappa shape index (κ1) is 19.5. The summed E-state index contributed by atoms with van der Waals surface area (Å²) in [6.45, 7) is 5.36. The summed E-state index contributed by atoms with van der Waals surface area (Å²) in [7, 11) is 1.63. The highest BCUT2D eigenvalue weighted by molar-refractivity contribution is 14.0. The predicted molar refractivity (Wildman–Crippen MR) is 112 cm³/mol. The van der Waals surface area contributed by atoms with Crippen molar-refractivity contribution in [2.75, 3.05) is 20.2 Å². The summed E-state index contributed by atoms with van der Waals surface area (Å²) in [5.41, 5.74) is 3.73. The second-order valence-corrected chi connectivity index (χ2v) is 5.78. The maximum atomic E-state index is 5.18. The van der Waals surface area contributed by atoms with Crippen LogP contribution in [0.1, 0.15) is 23.7 Å². The molecule has 25 heavy (non-hydrogen) atoms. The van der Waals surface area contributed by atoms with E-state index in [1.165, 1.54) is 11.1 Å². The maximum absolute atomic E-state index is 5.18. The summed E-state index contributed by atoms with van der Waals surface area (Å²) >= 11 is 0. The Hall–Kier alpha value is -1.83. The van der Waals surface area contributed by atoms with E-state index in [1.54, 1.807) is 7.11 Å². The summed E-state index contributed by atoms with van der Waals surface area (Å²) in [4.78, 5) is 11.5. The molecule has 0 bridgehead atoms. The number of methoxy groups -OCH3 is 1. The van der Waals surface area contributed by atoms with Crippen LogP contribution in [0.5, 0.6) is 5.88 Å². The topological polar surface area (TPSA) is 49.8 Å². The van der Waals surface area contributed by atoms with Crippen LogP contribution in [0.2, 0.25) is 0 Å². The number of hydrogen-bond acceptors (Lipinski definition) is 3. The Morgan fingerprint density at radius 2 is 2.00 bits per heavy atom. The van der Waals surface area contributed by atoms with Gasteiger partial charge in [-0.3, -0.25) is 0 Å². The molecule has 0 radical (unpaired) electrons. The van der Waals surface area contributed by atoms with Crippen molar-refractivity contribution in [1.82, 2.24) is 15.2 Å². The summed E-state index contributed by atoms with van der Waals surface area (Å²) in [6, 6.07) is 14.4. The van der Waals surface area contributed by atoms with Gasteiger partial charge in [0.1, 0.15) is 0 Å². The van der Waals surface area contributed by atoms with Gasteiger partial charge in [0.25, 0.3) is 0 Å². The first-order chi connectivity index (χ1) is 11.8. The van der Waals surface area contributed by atoms with E-state index in [0.29, 0.717) is 12.4 Å². The second kappa shape index (κ2) is 9.60. The van der Waals surface area contributed by atoms with E-state index >= 15 is 0 Å². The standard InChI is InChI=1S/C19H24N4O.HI/c1-3-20-19(21-13-17-9-6-10-18(22-17)24-2)23-12-11-15-7-4-5-8-16(15)14-23;/h4-10H,3,11-14H2,1-2H3,(H,20,21);1H. The number of rotatable bonds is 4. The Kier molecular flexibility index (Phi) is 7.49. The lowest BCUT2D eigenvalue weighted by Gasteiger charge is -2.31. The number of aliphatic imine (C=N–C) groups is 1. The highest BCUT2D eigenvalue weighted by Crippen LogP contribution is 2.18. The van der Waals surface area contributed by atoms with E-state index in [0.717, 1.165) is 37.7 Å². The van der Waals surface area contributed by atoms with E-state index in [2.05, 4.69) is 46.4 Å². The van der Waals surface area contributed by atoms with Crippen molar-refractivity contribution in [3.8, 4) is 5.88 Å². The van der Waals surface area contributed by atoms with Crippen LogP contribution >= 0.6 is 24.0 Å². The Morgan fingerprint density at radius 3 is 2.76 bits per heavy atom. The number of halogens is 1. The Bertz CT molecular complexity index is 720. The lowest BCUT2D eigenvalue weighted by molar-refractivity contribution is 0.378. The molecule has 0 amide bonds.